The Morgan fingerprint density at radius 3 is 2.38 bits per heavy atom. The van der Waals surface area contributed by atoms with E-state index in [-0.39, 0.29) is 5.54 Å². The molecule has 1 aromatic heterocycles. The van der Waals surface area contributed by atoms with Gasteiger partial charge in [-0.25, -0.2) is 4.98 Å². The van der Waals surface area contributed by atoms with E-state index < -0.39 is 0 Å². The van der Waals surface area contributed by atoms with Gasteiger partial charge in [-0.3, -0.25) is 4.98 Å². The summed E-state index contributed by atoms with van der Waals surface area (Å²) in [6.45, 7) is 14.1. The van der Waals surface area contributed by atoms with E-state index in [4.69, 9.17) is 0 Å². The molecule has 1 aromatic rings. The van der Waals surface area contributed by atoms with Crippen LogP contribution in [0.4, 0.5) is 5.82 Å². The molecule has 4 nitrogen and oxygen atoms in total. The first-order valence-corrected chi connectivity index (χ1v) is 8.18. The molecule has 0 radical (unpaired) electrons. The van der Waals surface area contributed by atoms with Crippen molar-refractivity contribution in [1.29, 1.82) is 0 Å². The van der Waals surface area contributed by atoms with E-state index in [0.29, 0.717) is 5.41 Å². The molecule has 1 aliphatic heterocycles. The lowest BCUT2D eigenvalue weighted by Crippen LogP contribution is -2.35. The Labute approximate surface area is 129 Å². The molecule has 1 saturated heterocycles. The molecule has 1 fully saturated rings. The van der Waals surface area contributed by atoms with E-state index in [1.807, 2.05) is 12.4 Å². The van der Waals surface area contributed by atoms with E-state index in [0.717, 1.165) is 31.1 Å². The van der Waals surface area contributed by atoms with Crippen molar-refractivity contribution >= 4 is 5.82 Å². The van der Waals surface area contributed by atoms with Gasteiger partial charge in [0, 0.05) is 25.2 Å². The van der Waals surface area contributed by atoms with Crippen molar-refractivity contribution in [1.82, 2.24) is 15.3 Å². The first kappa shape index (κ1) is 16.2. The molecule has 0 spiro atoms. The highest BCUT2D eigenvalue weighted by Crippen LogP contribution is 2.38. The van der Waals surface area contributed by atoms with Crippen LogP contribution >= 0.6 is 0 Å². The molecule has 1 N–H and O–H groups in total. The van der Waals surface area contributed by atoms with Crippen LogP contribution in [0.15, 0.2) is 12.4 Å². The minimum atomic E-state index is 0.108. The van der Waals surface area contributed by atoms with Crippen LogP contribution in [0.25, 0.3) is 0 Å². The highest BCUT2D eigenvalue weighted by molar-refractivity contribution is 5.38. The van der Waals surface area contributed by atoms with Crippen molar-refractivity contribution in [3.63, 3.8) is 0 Å². The molecule has 0 bridgehead atoms. The zero-order valence-corrected chi connectivity index (χ0v) is 14.2. The molecule has 0 aromatic carbocycles. The third-order valence-corrected chi connectivity index (χ3v) is 4.75. The average molecular weight is 290 g/mol. The first-order chi connectivity index (χ1) is 9.87. The molecule has 21 heavy (non-hydrogen) atoms. The minimum Gasteiger partial charge on any atom is -0.355 e. The number of anilines is 1. The fourth-order valence-corrected chi connectivity index (χ4v) is 2.92. The molecule has 118 valence electrons. The van der Waals surface area contributed by atoms with E-state index in [1.54, 1.807) is 0 Å². The van der Waals surface area contributed by atoms with Gasteiger partial charge in [0.25, 0.3) is 0 Å². The van der Waals surface area contributed by atoms with Gasteiger partial charge in [0.15, 0.2) is 0 Å². The Morgan fingerprint density at radius 2 is 1.90 bits per heavy atom. The van der Waals surface area contributed by atoms with Gasteiger partial charge >= 0.3 is 0 Å². The second-order valence-electron chi connectivity index (χ2n) is 7.35. The van der Waals surface area contributed by atoms with Crippen molar-refractivity contribution in [2.45, 2.75) is 66.0 Å². The summed E-state index contributed by atoms with van der Waals surface area (Å²) in [5.41, 5.74) is 1.59. The Balaban J connectivity index is 1.97. The molecule has 1 aliphatic rings. The van der Waals surface area contributed by atoms with Crippen LogP contribution in [0, 0.1) is 5.41 Å². The van der Waals surface area contributed by atoms with Crippen LogP contribution in [0.1, 0.15) is 59.6 Å². The molecule has 0 aliphatic carbocycles. The van der Waals surface area contributed by atoms with Crippen molar-refractivity contribution < 1.29 is 0 Å². The van der Waals surface area contributed by atoms with E-state index >= 15 is 0 Å². The fourth-order valence-electron chi connectivity index (χ4n) is 2.92. The van der Waals surface area contributed by atoms with Crippen LogP contribution in [0.5, 0.6) is 0 Å². The SMILES string of the molecule is CCC1(CC)CCN(c2cnc(CNC(C)(C)C)cn2)C1. The lowest BCUT2D eigenvalue weighted by atomic mass is 9.82. The number of nitrogens with zero attached hydrogens (tertiary/aromatic N) is 3. The monoisotopic (exact) mass is 290 g/mol. The molecule has 0 saturated carbocycles. The molecule has 4 heteroatoms. The number of hydrogen-bond donors (Lipinski definition) is 1. The fraction of sp³-hybridized carbons (Fsp3) is 0.765. The molecular formula is C17H30N4. The maximum atomic E-state index is 4.62. The van der Waals surface area contributed by atoms with Gasteiger partial charge in [-0.1, -0.05) is 13.8 Å². The van der Waals surface area contributed by atoms with Crippen molar-refractivity contribution in [3.05, 3.63) is 18.1 Å². The maximum absolute atomic E-state index is 4.62. The van der Waals surface area contributed by atoms with Crippen LogP contribution < -0.4 is 10.2 Å². The van der Waals surface area contributed by atoms with Crippen LogP contribution in [0.3, 0.4) is 0 Å². The Bertz CT molecular complexity index is 443. The largest absolute Gasteiger partial charge is 0.355 e. The van der Waals surface area contributed by atoms with Gasteiger partial charge in [0.1, 0.15) is 5.82 Å². The van der Waals surface area contributed by atoms with Crippen molar-refractivity contribution in [3.8, 4) is 0 Å². The Kier molecular flexibility index (Phi) is 4.87. The summed E-state index contributed by atoms with van der Waals surface area (Å²) in [4.78, 5) is 11.6. The second-order valence-corrected chi connectivity index (χ2v) is 7.35. The van der Waals surface area contributed by atoms with Crippen LogP contribution in [-0.4, -0.2) is 28.6 Å². The van der Waals surface area contributed by atoms with E-state index in [1.165, 1.54) is 19.3 Å². The van der Waals surface area contributed by atoms with Gasteiger partial charge in [-0.05, 0) is 45.4 Å². The molecule has 0 amide bonds. The second kappa shape index (κ2) is 6.30. The highest BCUT2D eigenvalue weighted by Gasteiger charge is 2.35. The summed E-state index contributed by atoms with van der Waals surface area (Å²) in [5, 5.41) is 3.44. The van der Waals surface area contributed by atoms with Crippen LogP contribution in [0.2, 0.25) is 0 Å². The number of hydrogen-bond acceptors (Lipinski definition) is 4. The lowest BCUT2D eigenvalue weighted by molar-refractivity contribution is 0.301. The highest BCUT2D eigenvalue weighted by atomic mass is 15.2. The Hall–Kier alpha value is -1.16. The third-order valence-electron chi connectivity index (χ3n) is 4.75. The molecular weight excluding hydrogens is 260 g/mol. The number of aromatic nitrogens is 2. The van der Waals surface area contributed by atoms with E-state index in [9.17, 15) is 0 Å². The molecule has 2 rings (SSSR count). The molecule has 0 atom stereocenters. The zero-order chi connectivity index (χ0) is 15.5. The summed E-state index contributed by atoms with van der Waals surface area (Å²) in [7, 11) is 0. The summed E-state index contributed by atoms with van der Waals surface area (Å²) in [6.07, 6.45) is 7.62. The van der Waals surface area contributed by atoms with Gasteiger partial charge < -0.3 is 10.2 Å². The van der Waals surface area contributed by atoms with Gasteiger partial charge in [0.2, 0.25) is 0 Å². The normalized spacial score (nSPS) is 18.2. The predicted molar refractivity (Wildman–Crippen MR) is 88.5 cm³/mol. The topological polar surface area (TPSA) is 41.1 Å². The minimum absolute atomic E-state index is 0.108. The lowest BCUT2D eigenvalue weighted by Gasteiger charge is -2.26. The molecule has 2 heterocycles. The third kappa shape index (κ3) is 4.16. The Morgan fingerprint density at radius 1 is 1.19 bits per heavy atom. The smallest absolute Gasteiger partial charge is 0.147 e. The van der Waals surface area contributed by atoms with Crippen molar-refractivity contribution in [2.24, 2.45) is 5.41 Å². The number of nitrogens with one attached hydrogen (secondary N) is 1. The summed E-state index contributed by atoms with van der Waals surface area (Å²) >= 11 is 0. The number of rotatable bonds is 5. The van der Waals surface area contributed by atoms with Gasteiger partial charge in [-0.2, -0.15) is 0 Å². The summed E-state index contributed by atoms with van der Waals surface area (Å²) < 4.78 is 0. The zero-order valence-electron chi connectivity index (χ0n) is 14.2. The summed E-state index contributed by atoms with van der Waals surface area (Å²) in [6, 6.07) is 0. The van der Waals surface area contributed by atoms with Crippen LogP contribution in [-0.2, 0) is 6.54 Å². The van der Waals surface area contributed by atoms with E-state index in [2.05, 4.69) is 54.8 Å². The van der Waals surface area contributed by atoms with Gasteiger partial charge in [0.05, 0.1) is 18.1 Å². The maximum Gasteiger partial charge on any atom is 0.147 e. The summed E-state index contributed by atoms with van der Waals surface area (Å²) in [5.74, 6) is 1.03. The predicted octanol–water partition coefficient (Wildman–Crippen LogP) is 3.38. The average Bonchev–Trinajstić information content (AvgIpc) is 2.90. The first-order valence-electron chi connectivity index (χ1n) is 8.18. The standard InChI is InChI=1S/C17H30N4/c1-6-17(7-2)8-9-21(13-17)15-12-18-14(10-19-15)11-20-16(3,4)5/h10,12,20H,6-9,11,13H2,1-5H3. The van der Waals surface area contributed by atoms with Gasteiger partial charge in [-0.15, -0.1) is 0 Å². The molecule has 0 unspecified atom stereocenters. The quantitative estimate of drug-likeness (QED) is 0.902. The van der Waals surface area contributed by atoms with Crippen molar-refractivity contribution in [2.75, 3.05) is 18.0 Å².